The monoisotopic (exact) mass is 492 g/mol. The van der Waals surface area contributed by atoms with Crippen molar-refractivity contribution in [1.82, 2.24) is 19.8 Å². The summed E-state index contributed by atoms with van der Waals surface area (Å²) in [4.78, 5) is 26.0. The van der Waals surface area contributed by atoms with Gasteiger partial charge in [0.05, 0.1) is 12.6 Å². The van der Waals surface area contributed by atoms with Crippen LogP contribution < -0.4 is 4.74 Å². The first-order valence-corrected chi connectivity index (χ1v) is 12.7. The fourth-order valence-corrected chi connectivity index (χ4v) is 4.83. The van der Waals surface area contributed by atoms with Crippen LogP contribution in [0.1, 0.15) is 61.0 Å². The molecule has 2 aromatic heterocycles. The fraction of sp³-hybridized carbons (Fsp3) is 0.536. The highest BCUT2D eigenvalue weighted by Gasteiger charge is 2.34. The molecule has 1 amide bonds. The molecule has 0 spiro atoms. The molecule has 4 rings (SSSR count). The van der Waals surface area contributed by atoms with Gasteiger partial charge in [0.25, 0.3) is 5.91 Å². The first-order valence-electron chi connectivity index (χ1n) is 12.7. The standard InChI is InChI=1S/C28H36N4O4/c1-20-16-32(21(2)19-33)27(34)24-14-23(6-11-28(35)9-4-5-10-28)15-30-26(24)36-25(20)18-31(3)17-22-7-12-29-13-8-22/h7-8,12-15,20-21,25,33,35H,4-5,9-10,16-19H2,1-3H3/t20-,21-,25-/m0/s1. The van der Waals surface area contributed by atoms with Crippen LogP contribution in [0.4, 0.5) is 0 Å². The molecule has 1 saturated carbocycles. The summed E-state index contributed by atoms with van der Waals surface area (Å²) >= 11 is 0. The summed E-state index contributed by atoms with van der Waals surface area (Å²) in [5.74, 6) is 6.05. The summed E-state index contributed by atoms with van der Waals surface area (Å²) in [6.07, 6.45) is 8.19. The van der Waals surface area contributed by atoms with Gasteiger partial charge >= 0.3 is 0 Å². The number of rotatable bonds is 6. The Labute approximate surface area is 213 Å². The number of fused-ring (bicyclic) bond motifs is 1. The predicted octanol–water partition coefficient (Wildman–Crippen LogP) is 2.49. The average molecular weight is 493 g/mol. The van der Waals surface area contributed by atoms with Crippen LogP contribution in [0.2, 0.25) is 0 Å². The van der Waals surface area contributed by atoms with Crippen molar-refractivity contribution >= 4 is 5.91 Å². The van der Waals surface area contributed by atoms with Gasteiger partial charge in [0.15, 0.2) is 0 Å². The summed E-state index contributed by atoms with van der Waals surface area (Å²) in [5, 5.41) is 20.5. The van der Waals surface area contributed by atoms with E-state index in [0.29, 0.717) is 37.1 Å². The summed E-state index contributed by atoms with van der Waals surface area (Å²) in [6, 6.07) is 5.32. The summed E-state index contributed by atoms with van der Waals surface area (Å²) < 4.78 is 6.37. The molecule has 8 nitrogen and oxygen atoms in total. The van der Waals surface area contributed by atoms with Gasteiger partial charge in [-0.25, -0.2) is 4.98 Å². The van der Waals surface area contributed by atoms with Crippen LogP contribution in [0, 0.1) is 17.8 Å². The van der Waals surface area contributed by atoms with E-state index in [0.717, 1.165) is 24.9 Å². The van der Waals surface area contributed by atoms with Crippen molar-refractivity contribution in [3.8, 4) is 17.7 Å². The zero-order chi connectivity index (χ0) is 25.7. The van der Waals surface area contributed by atoms with E-state index in [9.17, 15) is 15.0 Å². The minimum atomic E-state index is -0.970. The van der Waals surface area contributed by atoms with Gasteiger partial charge in [0, 0.05) is 49.7 Å². The van der Waals surface area contributed by atoms with E-state index >= 15 is 0 Å². The van der Waals surface area contributed by atoms with Crippen molar-refractivity contribution in [1.29, 1.82) is 0 Å². The number of ether oxygens (including phenoxy) is 1. The number of hydrogen-bond donors (Lipinski definition) is 2. The number of aromatic nitrogens is 2. The second-order valence-corrected chi connectivity index (χ2v) is 10.2. The molecule has 2 aromatic rings. The van der Waals surface area contributed by atoms with Gasteiger partial charge < -0.3 is 19.8 Å². The number of carbonyl (C=O) groups is 1. The lowest BCUT2D eigenvalue weighted by molar-refractivity contribution is 0.0325. The maximum absolute atomic E-state index is 13.6. The lowest BCUT2D eigenvalue weighted by atomic mass is 9.99. The van der Waals surface area contributed by atoms with Crippen molar-refractivity contribution in [3.05, 3.63) is 53.5 Å². The second kappa shape index (κ2) is 11.4. The molecule has 192 valence electrons. The van der Waals surface area contributed by atoms with Crippen molar-refractivity contribution in [2.45, 2.75) is 63.8 Å². The Hall–Kier alpha value is -2.99. The number of amides is 1. The van der Waals surface area contributed by atoms with Gasteiger partial charge in [-0.05, 0) is 63.4 Å². The van der Waals surface area contributed by atoms with Gasteiger partial charge in [0.2, 0.25) is 5.88 Å². The highest BCUT2D eigenvalue weighted by atomic mass is 16.5. The molecular formula is C28H36N4O4. The van der Waals surface area contributed by atoms with Crippen LogP contribution in [-0.4, -0.2) is 80.4 Å². The third-order valence-corrected chi connectivity index (χ3v) is 7.08. The smallest absolute Gasteiger partial charge is 0.259 e. The van der Waals surface area contributed by atoms with Gasteiger partial charge in [0.1, 0.15) is 17.3 Å². The minimum absolute atomic E-state index is 0.00821. The number of nitrogens with zero attached hydrogens (tertiary/aromatic N) is 4. The highest BCUT2D eigenvalue weighted by Crippen LogP contribution is 2.30. The fourth-order valence-electron chi connectivity index (χ4n) is 4.83. The first kappa shape index (κ1) is 26.1. The lowest BCUT2D eigenvalue weighted by Gasteiger charge is -2.37. The molecule has 3 atom stereocenters. The van der Waals surface area contributed by atoms with E-state index in [4.69, 9.17) is 4.74 Å². The number of carbonyl (C=O) groups excluding carboxylic acids is 1. The van der Waals surface area contributed by atoms with Crippen molar-refractivity contribution in [3.63, 3.8) is 0 Å². The molecule has 36 heavy (non-hydrogen) atoms. The molecule has 0 radical (unpaired) electrons. The predicted molar refractivity (Wildman–Crippen MR) is 136 cm³/mol. The Balaban J connectivity index is 1.61. The number of aliphatic hydroxyl groups excluding tert-OH is 1. The molecule has 0 saturated heterocycles. The van der Waals surface area contributed by atoms with E-state index in [1.165, 1.54) is 0 Å². The first-order chi connectivity index (χ1) is 17.3. The van der Waals surface area contributed by atoms with E-state index in [1.54, 1.807) is 29.6 Å². The maximum Gasteiger partial charge on any atom is 0.259 e. The SMILES string of the molecule is C[C@H]1CN([C@@H](C)CO)C(=O)c2cc(C#CC3(O)CCCC3)cnc2O[C@H]1CN(C)Cc1ccncc1. The van der Waals surface area contributed by atoms with Crippen molar-refractivity contribution in [2.24, 2.45) is 5.92 Å². The topological polar surface area (TPSA) is 99.0 Å². The van der Waals surface area contributed by atoms with Gasteiger partial charge in [-0.15, -0.1) is 0 Å². The van der Waals surface area contributed by atoms with Crippen LogP contribution >= 0.6 is 0 Å². The second-order valence-electron chi connectivity index (χ2n) is 10.2. The zero-order valence-corrected chi connectivity index (χ0v) is 21.4. The summed E-state index contributed by atoms with van der Waals surface area (Å²) in [5.41, 5.74) is 1.07. The van der Waals surface area contributed by atoms with Crippen LogP contribution in [0.25, 0.3) is 0 Å². The average Bonchev–Trinajstić information content (AvgIpc) is 3.31. The third kappa shape index (κ3) is 6.22. The molecule has 0 bridgehead atoms. The van der Waals surface area contributed by atoms with Crippen molar-refractivity contribution < 1.29 is 19.7 Å². The van der Waals surface area contributed by atoms with E-state index in [1.807, 2.05) is 26.1 Å². The number of aliphatic hydroxyl groups is 2. The van der Waals surface area contributed by atoms with Crippen LogP contribution in [0.5, 0.6) is 5.88 Å². The quantitative estimate of drug-likeness (QED) is 0.598. The molecule has 2 N–H and O–H groups in total. The largest absolute Gasteiger partial charge is 0.472 e. The van der Waals surface area contributed by atoms with E-state index in [2.05, 4.69) is 33.6 Å². The van der Waals surface area contributed by atoms with Gasteiger partial charge in [-0.1, -0.05) is 18.8 Å². The van der Waals surface area contributed by atoms with Gasteiger partial charge in [-0.3, -0.25) is 14.7 Å². The summed E-state index contributed by atoms with van der Waals surface area (Å²) in [6.45, 7) is 5.58. The number of hydrogen-bond acceptors (Lipinski definition) is 7. The molecule has 1 aliphatic heterocycles. The normalized spacial score (nSPS) is 22.2. The lowest BCUT2D eigenvalue weighted by Crippen LogP contribution is -2.49. The van der Waals surface area contributed by atoms with E-state index in [-0.39, 0.29) is 36.5 Å². The molecule has 1 fully saturated rings. The van der Waals surface area contributed by atoms with Crippen LogP contribution in [0.3, 0.4) is 0 Å². The zero-order valence-electron chi connectivity index (χ0n) is 21.4. The Morgan fingerprint density at radius 3 is 2.72 bits per heavy atom. The third-order valence-electron chi connectivity index (χ3n) is 7.08. The van der Waals surface area contributed by atoms with Crippen LogP contribution in [-0.2, 0) is 6.54 Å². The molecule has 1 aliphatic carbocycles. The Bertz CT molecular complexity index is 1110. The molecule has 2 aliphatic rings. The number of pyridine rings is 2. The summed E-state index contributed by atoms with van der Waals surface area (Å²) in [7, 11) is 2.04. The Morgan fingerprint density at radius 2 is 2.03 bits per heavy atom. The van der Waals surface area contributed by atoms with E-state index < -0.39 is 5.60 Å². The van der Waals surface area contributed by atoms with Crippen LogP contribution in [0.15, 0.2) is 36.8 Å². The Kier molecular flexibility index (Phi) is 8.24. The molecular weight excluding hydrogens is 456 g/mol. The maximum atomic E-state index is 13.6. The molecule has 8 heteroatoms. The highest BCUT2D eigenvalue weighted by molar-refractivity contribution is 5.97. The molecule has 0 unspecified atom stereocenters. The minimum Gasteiger partial charge on any atom is -0.472 e. The number of likely N-dealkylation sites (N-methyl/N-ethyl adjacent to an activating group) is 1. The molecule has 3 heterocycles. The van der Waals surface area contributed by atoms with Gasteiger partial charge in [-0.2, -0.15) is 0 Å². The molecule has 0 aromatic carbocycles. The Morgan fingerprint density at radius 1 is 1.31 bits per heavy atom. The van der Waals surface area contributed by atoms with Crippen molar-refractivity contribution in [2.75, 3.05) is 26.7 Å².